The molecule has 15 heavy (non-hydrogen) atoms. The van der Waals surface area contributed by atoms with Crippen molar-refractivity contribution in [1.82, 2.24) is 0 Å². The lowest BCUT2D eigenvalue weighted by Gasteiger charge is -2.26. The van der Waals surface area contributed by atoms with Gasteiger partial charge in [0.25, 0.3) is 0 Å². The fraction of sp³-hybridized carbons (Fsp3) is 0.500. The first-order valence-corrected chi connectivity index (χ1v) is 5.37. The van der Waals surface area contributed by atoms with Crippen molar-refractivity contribution in [3.8, 4) is 0 Å². The van der Waals surface area contributed by atoms with Crippen molar-refractivity contribution in [2.45, 2.75) is 37.6 Å². The Morgan fingerprint density at radius 1 is 1.07 bits per heavy atom. The lowest BCUT2D eigenvalue weighted by atomic mass is 9.82. The van der Waals surface area contributed by atoms with E-state index in [2.05, 4.69) is 0 Å². The highest BCUT2D eigenvalue weighted by Crippen LogP contribution is 2.33. The third-order valence-electron chi connectivity index (χ3n) is 3.17. The highest BCUT2D eigenvalue weighted by Gasteiger charge is 2.22. The minimum absolute atomic E-state index is 0.213. The van der Waals surface area contributed by atoms with E-state index in [-0.39, 0.29) is 12.0 Å². The number of hydrogen-bond donors (Lipinski definition) is 1. The molecule has 1 aliphatic rings. The molecule has 0 saturated heterocycles. The average molecular weight is 211 g/mol. The highest BCUT2D eigenvalue weighted by molar-refractivity contribution is 5.23. The number of rotatable bonds is 1. The largest absolute Gasteiger partial charge is 0.328 e. The maximum absolute atomic E-state index is 13.5. The van der Waals surface area contributed by atoms with Crippen LogP contribution in [0, 0.1) is 11.6 Å². The summed E-state index contributed by atoms with van der Waals surface area (Å²) in [6.45, 7) is 0. The molecule has 1 fully saturated rings. The number of benzene rings is 1. The number of halogens is 2. The van der Waals surface area contributed by atoms with Crippen LogP contribution in [0.1, 0.15) is 37.2 Å². The molecule has 2 rings (SSSR count). The first-order valence-electron chi connectivity index (χ1n) is 5.37. The van der Waals surface area contributed by atoms with E-state index in [1.807, 2.05) is 0 Å². The van der Waals surface area contributed by atoms with Gasteiger partial charge in [0.15, 0.2) is 0 Å². The van der Waals surface area contributed by atoms with E-state index < -0.39 is 11.6 Å². The van der Waals surface area contributed by atoms with E-state index in [0.29, 0.717) is 5.56 Å². The van der Waals surface area contributed by atoms with E-state index in [0.717, 1.165) is 31.7 Å². The van der Waals surface area contributed by atoms with Gasteiger partial charge >= 0.3 is 0 Å². The summed E-state index contributed by atoms with van der Waals surface area (Å²) in [6.07, 6.45) is 3.68. The maximum atomic E-state index is 13.5. The Morgan fingerprint density at radius 2 is 1.73 bits per heavy atom. The second-order valence-electron chi connectivity index (χ2n) is 4.28. The van der Waals surface area contributed by atoms with Crippen LogP contribution in [-0.4, -0.2) is 6.04 Å². The Hall–Kier alpha value is -0.960. The van der Waals surface area contributed by atoms with E-state index in [1.54, 1.807) is 6.07 Å². The third kappa shape index (κ3) is 2.34. The van der Waals surface area contributed by atoms with Gasteiger partial charge in [-0.1, -0.05) is 6.07 Å². The zero-order chi connectivity index (χ0) is 10.8. The van der Waals surface area contributed by atoms with Crippen LogP contribution in [0.4, 0.5) is 8.78 Å². The second kappa shape index (κ2) is 4.27. The third-order valence-corrected chi connectivity index (χ3v) is 3.17. The molecule has 0 bridgehead atoms. The van der Waals surface area contributed by atoms with Gasteiger partial charge in [-0.2, -0.15) is 0 Å². The summed E-state index contributed by atoms with van der Waals surface area (Å²) in [5.41, 5.74) is 6.43. The summed E-state index contributed by atoms with van der Waals surface area (Å²) >= 11 is 0. The smallest absolute Gasteiger partial charge is 0.129 e. The van der Waals surface area contributed by atoms with Gasteiger partial charge in [-0.3, -0.25) is 0 Å². The molecular formula is C12H15F2N. The number of hydrogen-bond acceptors (Lipinski definition) is 1. The second-order valence-corrected chi connectivity index (χ2v) is 4.28. The Balaban J connectivity index is 2.15. The van der Waals surface area contributed by atoms with Crippen LogP contribution in [0.5, 0.6) is 0 Å². The summed E-state index contributed by atoms with van der Waals surface area (Å²) < 4.78 is 26.2. The van der Waals surface area contributed by atoms with Gasteiger partial charge in [-0.15, -0.1) is 0 Å². The van der Waals surface area contributed by atoms with Gasteiger partial charge in [-0.25, -0.2) is 8.78 Å². The molecule has 0 aromatic heterocycles. The van der Waals surface area contributed by atoms with Gasteiger partial charge in [0.2, 0.25) is 0 Å². The van der Waals surface area contributed by atoms with Crippen LogP contribution in [0.15, 0.2) is 18.2 Å². The molecule has 0 radical (unpaired) electrons. The molecule has 0 amide bonds. The molecule has 2 N–H and O–H groups in total. The lowest BCUT2D eigenvalue weighted by molar-refractivity contribution is 0.386. The minimum Gasteiger partial charge on any atom is -0.328 e. The normalized spacial score (nSPS) is 26.6. The zero-order valence-corrected chi connectivity index (χ0v) is 8.55. The first kappa shape index (κ1) is 10.6. The highest BCUT2D eigenvalue weighted by atomic mass is 19.1. The monoisotopic (exact) mass is 211 g/mol. The summed E-state index contributed by atoms with van der Waals surface area (Å²) in [4.78, 5) is 0. The molecule has 1 aromatic rings. The van der Waals surface area contributed by atoms with Crippen molar-refractivity contribution in [2.24, 2.45) is 5.73 Å². The standard InChI is InChI=1S/C12H15F2N/c13-9-3-6-11(12(14)7-9)8-1-4-10(15)5-2-8/h3,6-8,10H,1-2,4-5,15H2/t8-,10+. The SMILES string of the molecule is N[C@H]1CC[C@@H](c2ccc(F)cc2F)CC1. The molecular weight excluding hydrogens is 196 g/mol. The fourth-order valence-corrected chi connectivity index (χ4v) is 2.26. The molecule has 0 spiro atoms. The van der Waals surface area contributed by atoms with Gasteiger partial charge in [0.05, 0.1) is 0 Å². The molecule has 1 saturated carbocycles. The van der Waals surface area contributed by atoms with E-state index in [4.69, 9.17) is 5.73 Å². The number of nitrogens with two attached hydrogens (primary N) is 1. The van der Waals surface area contributed by atoms with Crippen molar-refractivity contribution in [3.05, 3.63) is 35.4 Å². The van der Waals surface area contributed by atoms with E-state index in [9.17, 15) is 8.78 Å². The molecule has 1 nitrogen and oxygen atoms in total. The topological polar surface area (TPSA) is 26.0 Å². The first-order chi connectivity index (χ1) is 7.16. The summed E-state index contributed by atoms with van der Waals surface area (Å²) in [7, 11) is 0. The van der Waals surface area contributed by atoms with E-state index >= 15 is 0 Å². The molecule has 1 aromatic carbocycles. The molecule has 0 aliphatic heterocycles. The van der Waals surface area contributed by atoms with Gasteiger partial charge < -0.3 is 5.73 Å². The molecule has 0 heterocycles. The van der Waals surface area contributed by atoms with Crippen LogP contribution < -0.4 is 5.73 Å². The van der Waals surface area contributed by atoms with Gasteiger partial charge in [0.1, 0.15) is 11.6 Å². The van der Waals surface area contributed by atoms with Crippen LogP contribution in [0.3, 0.4) is 0 Å². The summed E-state index contributed by atoms with van der Waals surface area (Å²) in [5.74, 6) is -0.718. The Labute approximate surface area is 88.3 Å². The van der Waals surface area contributed by atoms with Crippen molar-refractivity contribution >= 4 is 0 Å². The summed E-state index contributed by atoms with van der Waals surface area (Å²) in [6, 6.07) is 4.10. The van der Waals surface area contributed by atoms with E-state index in [1.165, 1.54) is 6.07 Å². The van der Waals surface area contributed by atoms with Crippen LogP contribution in [0.25, 0.3) is 0 Å². The minimum atomic E-state index is -0.510. The predicted octanol–water partition coefficient (Wildman–Crippen LogP) is 2.95. The summed E-state index contributed by atoms with van der Waals surface area (Å²) in [5, 5.41) is 0. The molecule has 3 heteroatoms. The van der Waals surface area contributed by atoms with Crippen LogP contribution >= 0.6 is 0 Å². The van der Waals surface area contributed by atoms with Crippen molar-refractivity contribution in [3.63, 3.8) is 0 Å². The molecule has 0 unspecified atom stereocenters. The average Bonchev–Trinajstić information content (AvgIpc) is 2.20. The Bertz CT molecular complexity index is 343. The predicted molar refractivity (Wildman–Crippen MR) is 55.5 cm³/mol. The molecule has 82 valence electrons. The fourth-order valence-electron chi connectivity index (χ4n) is 2.26. The van der Waals surface area contributed by atoms with Crippen molar-refractivity contribution in [2.75, 3.05) is 0 Å². The molecule has 0 atom stereocenters. The lowest BCUT2D eigenvalue weighted by Crippen LogP contribution is -2.26. The van der Waals surface area contributed by atoms with Crippen LogP contribution in [-0.2, 0) is 0 Å². The maximum Gasteiger partial charge on any atom is 0.129 e. The van der Waals surface area contributed by atoms with Crippen molar-refractivity contribution in [1.29, 1.82) is 0 Å². The Morgan fingerprint density at radius 3 is 2.33 bits per heavy atom. The van der Waals surface area contributed by atoms with Gasteiger partial charge in [0, 0.05) is 12.1 Å². The van der Waals surface area contributed by atoms with Crippen LogP contribution in [0.2, 0.25) is 0 Å². The zero-order valence-electron chi connectivity index (χ0n) is 8.55. The molecule has 1 aliphatic carbocycles. The Kier molecular flexibility index (Phi) is 3.00. The quantitative estimate of drug-likeness (QED) is 0.759. The van der Waals surface area contributed by atoms with Gasteiger partial charge in [-0.05, 0) is 43.2 Å². The van der Waals surface area contributed by atoms with Crippen molar-refractivity contribution < 1.29 is 8.78 Å².